The molecule has 1 fully saturated rings. The van der Waals surface area contributed by atoms with Gasteiger partial charge in [0.25, 0.3) is 6.47 Å². The van der Waals surface area contributed by atoms with Crippen LogP contribution in [0, 0.1) is 5.41 Å². The van der Waals surface area contributed by atoms with E-state index in [-0.39, 0.29) is 6.79 Å². The summed E-state index contributed by atoms with van der Waals surface area (Å²) in [5.41, 5.74) is 11.5. The molecule has 3 aromatic rings. The van der Waals surface area contributed by atoms with Crippen molar-refractivity contribution in [2.24, 2.45) is 5.41 Å². The van der Waals surface area contributed by atoms with Crippen LogP contribution < -0.4 is 5.73 Å². The Morgan fingerprint density at radius 1 is 1.10 bits per heavy atom. The van der Waals surface area contributed by atoms with Crippen LogP contribution in [0.1, 0.15) is 46.1 Å². The Balaban J connectivity index is 0.000000412. The number of hydrogen-bond acceptors (Lipinski definition) is 9. The molecule has 4 rings (SSSR count). The zero-order valence-electron chi connectivity index (χ0n) is 23.9. The van der Waals surface area contributed by atoms with Gasteiger partial charge in [-0.15, -0.1) is 0 Å². The predicted octanol–water partition coefficient (Wildman–Crippen LogP) is 5.26. The van der Waals surface area contributed by atoms with Crippen LogP contribution in [-0.2, 0) is 30.2 Å². The molecule has 2 N–H and O–H groups in total. The Morgan fingerprint density at radius 2 is 1.79 bits per heavy atom. The molecule has 39 heavy (non-hydrogen) atoms. The van der Waals surface area contributed by atoms with Gasteiger partial charge in [0.1, 0.15) is 6.29 Å². The van der Waals surface area contributed by atoms with Crippen LogP contribution in [0.4, 0.5) is 5.69 Å². The molecular weight excluding hydrogens is 516 g/mol. The molecule has 214 valence electrons. The lowest BCUT2D eigenvalue weighted by molar-refractivity contribution is -0.138. The Labute approximate surface area is 236 Å². The SMILES string of the molecule is CC(C)(C)C.COC1CCN(Sc2cc(N)ccc2-c2ccn3ncc(CC=O)c3c2)CC1.COCOC=O. The average Bonchev–Trinajstić information content (AvgIpc) is 3.30. The molecule has 0 amide bonds. The van der Waals surface area contributed by atoms with E-state index < -0.39 is 0 Å². The van der Waals surface area contributed by atoms with Crippen molar-refractivity contribution in [2.75, 3.05) is 39.8 Å². The maximum Gasteiger partial charge on any atom is 0.295 e. The number of fused-ring (bicyclic) bond motifs is 1. The molecule has 0 spiro atoms. The molecule has 1 saturated heterocycles. The van der Waals surface area contributed by atoms with Gasteiger partial charge in [-0.3, -0.25) is 4.79 Å². The van der Waals surface area contributed by atoms with E-state index in [2.05, 4.69) is 64.8 Å². The minimum atomic E-state index is 0.0451. The molecule has 3 heterocycles. The molecule has 0 aliphatic carbocycles. The normalized spacial score (nSPS) is 14.1. The summed E-state index contributed by atoms with van der Waals surface area (Å²) in [6.07, 6.45) is 7.41. The smallest absolute Gasteiger partial charge is 0.295 e. The second-order valence-corrected chi connectivity index (χ2v) is 11.8. The van der Waals surface area contributed by atoms with Crippen LogP contribution in [0.2, 0.25) is 0 Å². The highest BCUT2D eigenvalue weighted by Gasteiger charge is 2.21. The third-order valence-electron chi connectivity index (χ3n) is 5.44. The Bertz CT molecular complexity index is 1160. The van der Waals surface area contributed by atoms with E-state index in [4.69, 9.17) is 10.5 Å². The minimum absolute atomic E-state index is 0.0451. The van der Waals surface area contributed by atoms with Gasteiger partial charge < -0.3 is 24.7 Å². The third kappa shape index (κ3) is 11.4. The predicted molar refractivity (Wildman–Crippen MR) is 156 cm³/mol. The number of aldehydes is 1. The van der Waals surface area contributed by atoms with Crippen LogP contribution in [0.3, 0.4) is 0 Å². The maximum atomic E-state index is 11.0. The summed E-state index contributed by atoms with van der Waals surface area (Å²) in [5, 5.41) is 4.33. The van der Waals surface area contributed by atoms with Crippen LogP contribution in [0.5, 0.6) is 0 Å². The van der Waals surface area contributed by atoms with Crippen LogP contribution >= 0.6 is 11.9 Å². The van der Waals surface area contributed by atoms with Crippen molar-refractivity contribution in [1.82, 2.24) is 13.9 Å². The number of nitrogens with zero attached hydrogens (tertiary/aromatic N) is 3. The number of benzene rings is 1. The number of carbonyl (C=O) groups is 2. The van der Waals surface area contributed by atoms with Crippen molar-refractivity contribution in [3.8, 4) is 11.1 Å². The number of nitrogens with two attached hydrogens (primary N) is 1. The first-order chi connectivity index (χ1) is 18.6. The Morgan fingerprint density at radius 3 is 2.36 bits per heavy atom. The molecule has 0 saturated carbocycles. The van der Waals surface area contributed by atoms with Gasteiger partial charge in [0.2, 0.25) is 0 Å². The summed E-state index contributed by atoms with van der Waals surface area (Å²) < 4.78 is 18.1. The van der Waals surface area contributed by atoms with Crippen LogP contribution in [0.15, 0.2) is 47.6 Å². The van der Waals surface area contributed by atoms with Crippen molar-refractivity contribution in [3.05, 3.63) is 48.3 Å². The van der Waals surface area contributed by atoms with Crippen molar-refractivity contribution in [3.63, 3.8) is 0 Å². The van der Waals surface area contributed by atoms with Gasteiger partial charge in [-0.1, -0.05) is 33.8 Å². The van der Waals surface area contributed by atoms with Gasteiger partial charge in [-0.25, -0.2) is 8.82 Å². The lowest BCUT2D eigenvalue weighted by Gasteiger charge is -2.30. The quantitative estimate of drug-likeness (QED) is 0.124. The molecule has 0 bridgehead atoms. The highest BCUT2D eigenvalue weighted by molar-refractivity contribution is 7.97. The monoisotopic (exact) mass is 558 g/mol. The number of piperidine rings is 1. The first kappa shape index (κ1) is 32.3. The Hall–Kier alpha value is -2.92. The molecule has 9 nitrogen and oxygen atoms in total. The number of carbonyl (C=O) groups excluding carboxylic acids is 2. The van der Waals surface area contributed by atoms with E-state index >= 15 is 0 Å². The van der Waals surface area contributed by atoms with E-state index in [9.17, 15) is 9.59 Å². The van der Waals surface area contributed by atoms with Crippen molar-refractivity contribution >= 4 is 35.9 Å². The molecule has 10 heteroatoms. The standard InChI is InChI=1S/C21H24N4O2S.C5H12.C3H6O3/c1-27-18-5-8-24(9-6-18)28-21-13-17(22)2-3-19(21)15-4-10-25-20(12-15)16(7-11-26)14-23-25;1-5(2,3)4;1-5-3-6-2-4/h2-4,10-14,18H,5-9,22H2,1H3;1-4H3;2H,3H2,1H3. The minimum Gasteiger partial charge on any atom is -0.441 e. The zero-order chi connectivity index (χ0) is 28.8. The average molecular weight is 559 g/mol. The summed E-state index contributed by atoms with van der Waals surface area (Å²) in [6, 6.07) is 10.2. The second kappa shape index (κ2) is 16.2. The number of anilines is 1. The number of hydrogen-bond donors (Lipinski definition) is 1. The van der Waals surface area contributed by atoms with Crippen molar-refractivity contribution in [1.29, 1.82) is 0 Å². The maximum absolute atomic E-state index is 11.0. The van der Waals surface area contributed by atoms with E-state index in [1.807, 2.05) is 22.8 Å². The Kier molecular flexibility index (Phi) is 13.5. The largest absolute Gasteiger partial charge is 0.441 e. The molecular formula is C29H42N4O5S. The number of aromatic nitrogens is 2. The topological polar surface area (TPSA) is 108 Å². The first-order valence-corrected chi connectivity index (χ1v) is 13.7. The summed E-state index contributed by atoms with van der Waals surface area (Å²) in [7, 11) is 3.23. The fraction of sp³-hybridized carbons (Fsp3) is 0.483. The first-order valence-electron chi connectivity index (χ1n) is 12.9. The second-order valence-electron chi connectivity index (χ2n) is 10.7. The fourth-order valence-corrected chi connectivity index (χ4v) is 4.84. The lowest BCUT2D eigenvalue weighted by Crippen LogP contribution is -2.32. The number of ether oxygens (including phenoxy) is 3. The summed E-state index contributed by atoms with van der Waals surface area (Å²) in [4.78, 5) is 21.4. The summed E-state index contributed by atoms with van der Waals surface area (Å²) in [6.45, 7) is 11.1. The van der Waals surface area contributed by atoms with Gasteiger partial charge >= 0.3 is 0 Å². The van der Waals surface area contributed by atoms with Crippen LogP contribution in [0.25, 0.3) is 16.6 Å². The molecule has 0 unspecified atom stereocenters. The lowest BCUT2D eigenvalue weighted by atomic mass is 10.0. The van der Waals surface area contributed by atoms with Crippen LogP contribution in [-0.4, -0.2) is 66.9 Å². The van der Waals surface area contributed by atoms with E-state index in [0.29, 0.717) is 24.4 Å². The summed E-state index contributed by atoms with van der Waals surface area (Å²) >= 11 is 1.75. The molecule has 1 aliphatic heterocycles. The van der Waals surface area contributed by atoms with Crippen molar-refractivity contribution in [2.45, 2.75) is 58.0 Å². The van der Waals surface area contributed by atoms with Gasteiger partial charge in [0.15, 0.2) is 6.79 Å². The van der Waals surface area contributed by atoms with Gasteiger partial charge in [-0.2, -0.15) is 5.10 Å². The molecule has 2 aromatic heterocycles. The van der Waals surface area contributed by atoms with Gasteiger partial charge in [0.05, 0.1) is 17.8 Å². The highest BCUT2D eigenvalue weighted by Crippen LogP contribution is 2.37. The van der Waals surface area contributed by atoms with E-state index in [1.165, 1.54) is 7.11 Å². The zero-order valence-corrected chi connectivity index (χ0v) is 24.7. The van der Waals surface area contributed by atoms with E-state index in [1.54, 1.807) is 25.3 Å². The highest BCUT2D eigenvalue weighted by atomic mass is 32.2. The number of rotatable bonds is 9. The number of pyridine rings is 1. The molecule has 1 aromatic carbocycles. The summed E-state index contributed by atoms with van der Waals surface area (Å²) in [5.74, 6) is 0. The van der Waals surface area contributed by atoms with Gasteiger partial charge in [0, 0.05) is 56.1 Å². The fourth-order valence-electron chi connectivity index (χ4n) is 3.69. The van der Waals surface area contributed by atoms with E-state index in [0.717, 1.165) is 65.0 Å². The number of methoxy groups -OCH3 is 2. The molecule has 0 radical (unpaired) electrons. The molecule has 1 aliphatic rings. The number of nitrogen functional groups attached to an aromatic ring is 1. The third-order valence-corrected chi connectivity index (χ3v) is 6.59. The van der Waals surface area contributed by atoms with Gasteiger partial charge in [-0.05, 0) is 65.6 Å². The van der Waals surface area contributed by atoms with Crippen molar-refractivity contribution < 1.29 is 23.8 Å². The molecule has 0 atom stereocenters.